The lowest BCUT2D eigenvalue weighted by Gasteiger charge is -2.20. The van der Waals surface area contributed by atoms with Crippen molar-refractivity contribution in [3.63, 3.8) is 0 Å². The molecule has 0 unspecified atom stereocenters. The van der Waals surface area contributed by atoms with Crippen molar-refractivity contribution in [2.24, 2.45) is 0 Å². The second-order valence-corrected chi connectivity index (χ2v) is 14.1. The zero-order valence-corrected chi connectivity index (χ0v) is 27.0. The Labute approximate surface area is 283 Å². The van der Waals surface area contributed by atoms with E-state index in [1.54, 1.807) is 12.4 Å². The third-order valence-electron chi connectivity index (χ3n) is 9.10. The van der Waals surface area contributed by atoms with Crippen molar-refractivity contribution in [3.8, 4) is 23.5 Å². The summed E-state index contributed by atoms with van der Waals surface area (Å²) in [6, 6.07) is 48.7. The molecule has 0 aliphatic heterocycles. The van der Waals surface area contributed by atoms with Gasteiger partial charge in [-0.1, -0.05) is 54.6 Å². The summed E-state index contributed by atoms with van der Waals surface area (Å²) in [6.07, 6.45) is 7.27. The van der Waals surface area contributed by atoms with E-state index in [9.17, 15) is 10.5 Å². The Morgan fingerprint density at radius 1 is 0.449 bits per heavy atom. The average molecular weight is 645 g/mol. The van der Waals surface area contributed by atoms with Gasteiger partial charge in [-0.05, 0) is 96.6 Å². The maximum atomic E-state index is 9.75. The standard InChI is InChI=1S/C42H25N6P/c43-24-28-10-14-35-37-22-33(12-16-39(37)47(41(35)20-28)30-6-4-18-45-26-30)49(32-8-2-1-3-9-32)34-13-17-40-38(23-34)36-15-11-29(25-44)21-42(36)48(40)31-7-5-19-46-27-31/h1-23,26-27H. The third kappa shape index (κ3) is 4.67. The Morgan fingerprint density at radius 3 is 1.41 bits per heavy atom. The first kappa shape index (κ1) is 28.6. The molecule has 0 fully saturated rings. The molecule has 0 atom stereocenters. The van der Waals surface area contributed by atoms with E-state index in [0.717, 1.165) is 55.0 Å². The Bertz CT molecular complexity index is 2610. The minimum atomic E-state index is -0.960. The molecule has 0 aliphatic carbocycles. The van der Waals surface area contributed by atoms with Gasteiger partial charge in [0, 0.05) is 33.9 Å². The van der Waals surface area contributed by atoms with Crippen LogP contribution in [0.5, 0.6) is 0 Å². The highest BCUT2D eigenvalue weighted by Crippen LogP contribution is 2.40. The molecule has 0 radical (unpaired) electrons. The summed E-state index contributed by atoms with van der Waals surface area (Å²) < 4.78 is 4.39. The molecule has 228 valence electrons. The van der Waals surface area contributed by atoms with Crippen LogP contribution in [-0.2, 0) is 0 Å². The molecular weight excluding hydrogens is 619 g/mol. The van der Waals surface area contributed by atoms with Crippen molar-refractivity contribution in [3.05, 3.63) is 163 Å². The van der Waals surface area contributed by atoms with Gasteiger partial charge in [0.1, 0.15) is 0 Å². The molecule has 49 heavy (non-hydrogen) atoms. The van der Waals surface area contributed by atoms with Crippen LogP contribution in [0.15, 0.2) is 152 Å². The second-order valence-electron chi connectivity index (χ2n) is 11.9. The maximum absolute atomic E-state index is 9.75. The van der Waals surface area contributed by atoms with Gasteiger partial charge in [-0.3, -0.25) is 9.97 Å². The van der Waals surface area contributed by atoms with Gasteiger partial charge in [-0.15, -0.1) is 0 Å². The summed E-state index contributed by atoms with van der Waals surface area (Å²) in [5.74, 6) is 0. The number of fused-ring (bicyclic) bond motifs is 6. The van der Waals surface area contributed by atoms with Crippen molar-refractivity contribution >= 4 is 67.4 Å². The lowest BCUT2D eigenvalue weighted by Crippen LogP contribution is -2.20. The molecular formula is C42H25N6P. The normalized spacial score (nSPS) is 11.4. The van der Waals surface area contributed by atoms with E-state index in [4.69, 9.17) is 0 Å². The molecule has 0 spiro atoms. The van der Waals surface area contributed by atoms with Crippen LogP contribution < -0.4 is 15.9 Å². The number of pyridine rings is 2. The number of hydrogen-bond acceptors (Lipinski definition) is 4. The van der Waals surface area contributed by atoms with E-state index in [-0.39, 0.29) is 0 Å². The third-order valence-corrected chi connectivity index (χ3v) is 11.5. The Balaban J connectivity index is 1.29. The predicted octanol–water partition coefficient (Wildman–Crippen LogP) is 8.17. The van der Waals surface area contributed by atoms with E-state index in [2.05, 4.69) is 110 Å². The fraction of sp³-hybridized carbons (Fsp3) is 0. The minimum absolute atomic E-state index is 0.618. The molecule has 9 rings (SSSR count). The second kappa shape index (κ2) is 11.6. The van der Waals surface area contributed by atoms with Gasteiger partial charge in [-0.25, -0.2) is 0 Å². The van der Waals surface area contributed by atoms with Crippen LogP contribution in [0.3, 0.4) is 0 Å². The van der Waals surface area contributed by atoms with Crippen LogP contribution in [0.1, 0.15) is 11.1 Å². The van der Waals surface area contributed by atoms with E-state index in [0.29, 0.717) is 11.1 Å². The highest BCUT2D eigenvalue weighted by Gasteiger charge is 2.22. The van der Waals surface area contributed by atoms with E-state index in [1.807, 2.05) is 60.9 Å². The molecule has 4 aromatic heterocycles. The van der Waals surface area contributed by atoms with Crippen molar-refractivity contribution in [2.45, 2.75) is 0 Å². The highest BCUT2D eigenvalue weighted by atomic mass is 31.1. The first-order valence-corrected chi connectivity index (χ1v) is 17.2. The number of rotatable bonds is 5. The van der Waals surface area contributed by atoms with Gasteiger partial charge in [0.2, 0.25) is 0 Å². The molecule has 9 aromatic rings. The van der Waals surface area contributed by atoms with Gasteiger partial charge in [0.25, 0.3) is 0 Å². The number of benzene rings is 5. The fourth-order valence-corrected chi connectivity index (χ4v) is 9.32. The summed E-state index contributed by atoms with van der Waals surface area (Å²) in [4.78, 5) is 8.79. The molecule has 5 aromatic carbocycles. The Hall–Kier alpha value is -6.59. The fourth-order valence-electron chi connectivity index (χ4n) is 6.99. The monoisotopic (exact) mass is 644 g/mol. The average Bonchev–Trinajstić information content (AvgIpc) is 3.67. The lowest BCUT2D eigenvalue weighted by molar-refractivity contribution is 1.14. The van der Waals surface area contributed by atoms with Crippen LogP contribution in [0.4, 0.5) is 0 Å². The Morgan fingerprint density at radius 2 is 0.959 bits per heavy atom. The Kier molecular flexibility index (Phi) is 6.76. The minimum Gasteiger partial charge on any atom is -0.308 e. The zero-order chi connectivity index (χ0) is 32.9. The molecule has 4 heterocycles. The molecule has 0 bridgehead atoms. The summed E-state index contributed by atoms with van der Waals surface area (Å²) in [5, 5.41) is 27.6. The highest BCUT2D eigenvalue weighted by molar-refractivity contribution is 7.79. The number of hydrogen-bond donors (Lipinski definition) is 0. The SMILES string of the molecule is N#Cc1ccc2c3cc(P(c4ccccc4)c4ccc5c(c4)c4ccc(C#N)cc4n5-c4cccnc4)ccc3n(-c3cccnc3)c2c1. The quantitative estimate of drug-likeness (QED) is 0.177. The van der Waals surface area contributed by atoms with E-state index in [1.165, 1.54) is 15.9 Å². The summed E-state index contributed by atoms with van der Waals surface area (Å²) >= 11 is 0. The summed E-state index contributed by atoms with van der Waals surface area (Å²) in [7, 11) is -0.960. The van der Waals surface area contributed by atoms with Gasteiger partial charge < -0.3 is 9.13 Å². The molecule has 0 saturated carbocycles. The predicted molar refractivity (Wildman–Crippen MR) is 199 cm³/mol. The van der Waals surface area contributed by atoms with Crippen molar-refractivity contribution in [1.82, 2.24) is 19.1 Å². The van der Waals surface area contributed by atoms with Gasteiger partial charge in [-0.2, -0.15) is 10.5 Å². The number of nitrogens with zero attached hydrogens (tertiary/aromatic N) is 6. The van der Waals surface area contributed by atoms with Gasteiger partial charge in [0.15, 0.2) is 0 Å². The van der Waals surface area contributed by atoms with Gasteiger partial charge in [0.05, 0.1) is 69.1 Å². The van der Waals surface area contributed by atoms with E-state index >= 15 is 0 Å². The van der Waals surface area contributed by atoms with Crippen molar-refractivity contribution in [1.29, 1.82) is 10.5 Å². The first-order chi connectivity index (χ1) is 24.2. The maximum Gasteiger partial charge on any atom is 0.0992 e. The van der Waals surface area contributed by atoms with Gasteiger partial charge >= 0.3 is 0 Å². The topological polar surface area (TPSA) is 83.2 Å². The first-order valence-electron chi connectivity index (χ1n) is 15.8. The van der Waals surface area contributed by atoms with Crippen LogP contribution >= 0.6 is 7.92 Å². The lowest BCUT2D eigenvalue weighted by atomic mass is 10.1. The van der Waals surface area contributed by atoms with Crippen LogP contribution in [0.25, 0.3) is 55.0 Å². The summed E-state index contributed by atoms with van der Waals surface area (Å²) in [6.45, 7) is 0. The molecule has 0 N–H and O–H groups in total. The molecule has 0 saturated heterocycles. The zero-order valence-electron chi connectivity index (χ0n) is 26.1. The van der Waals surface area contributed by atoms with Crippen LogP contribution in [-0.4, -0.2) is 19.1 Å². The van der Waals surface area contributed by atoms with E-state index < -0.39 is 7.92 Å². The number of aromatic nitrogens is 4. The van der Waals surface area contributed by atoms with Crippen LogP contribution in [0, 0.1) is 22.7 Å². The number of nitriles is 2. The smallest absolute Gasteiger partial charge is 0.0992 e. The largest absolute Gasteiger partial charge is 0.308 e. The molecule has 0 amide bonds. The molecule has 7 heteroatoms. The molecule has 6 nitrogen and oxygen atoms in total. The summed E-state index contributed by atoms with van der Waals surface area (Å²) in [5.41, 5.74) is 7.22. The molecule has 0 aliphatic rings. The van der Waals surface area contributed by atoms with Crippen LogP contribution in [0.2, 0.25) is 0 Å². The van der Waals surface area contributed by atoms with Crippen molar-refractivity contribution < 1.29 is 0 Å². The van der Waals surface area contributed by atoms with Crippen molar-refractivity contribution in [2.75, 3.05) is 0 Å².